The van der Waals surface area contributed by atoms with E-state index in [-0.39, 0.29) is 0 Å². The normalized spacial score (nSPS) is 9.14. The molecule has 0 amide bonds. The van der Waals surface area contributed by atoms with Gasteiger partial charge in [-0.3, -0.25) is 0 Å². The van der Waals surface area contributed by atoms with Gasteiger partial charge < -0.3 is 0 Å². The van der Waals surface area contributed by atoms with E-state index in [1.54, 1.807) is 0 Å². The van der Waals surface area contributed by atoms with Crippen molar-refractivity contribution in [3.63, 3.8) is 0 Å². The molecule has 0 fully saturated rings. The number of fused-ring (bicyclic) bond motifs is 1. The molecule has 8 nitrogen and oxygen atoms in total. The summed E-state index contributed by atoms with van der Waals surface area (Å²) >= 11 is 0. The largest absolute Gasteiger partial charge is 0.233 e. The summed E-state index contributed by atoms with van der Waals surface area (Å²) in [6, 6.07) is 8.48. The molecule has 2 rings (SSSR count). The first kappa shape index (κ1) is 9.71. The summed E-state index contributed by atoms with van der Waals surface area (Å²) in [4.78, 5) is 18.5. The number of benzene rings is 1. The van der Waals surface area contributed by atoms with Gasteiger partial charge in [-0.15, -0.1) is 0 Å². The molecule has 74 valence electrons. The smallest absolute Gasteiger partial charge is 0.183 e. The van der Waals surface area contributed by atoms with Gasteiger partial charge >= 0.3 is 0 Å². The van der Waals surface area contributed by atoms with Crippen LogP contribution < -0.4 is 11.1 Å². The zero-order chi connectivity index (χ0) is 10.6. The van der Waals surface area contributed by atoms with E-state index in [2.05, 4.69) is 24.3 Å². The average Bonchev–Trinajstić information content (AvgIpc) is 2.09. The molecule has 0 saturated heterocycles. The second-order valence-corrected chi connectivity index (χ2v) is 2.32. The van der Waals surface area contributed by atoms with Crippen LogP contribution in [-0.2, 0) is 0 Å². The Morgan fingerprint density at radius 2 is 1.14 bits per heavy atom. The Kier molecular flexibility index (Phi) is 2.79. The maximum atomic E-state index is 9.23. The minimum atomic E-state index is -1.08. The lowest BCUT2D eigenvalue weighted by atomic mass is 9.95. The molecule has 2 aliphatic rings. The summed E-state index contributed by atoms with van der Waals surface area (Å²) < 4.78 is 0. The number of rotatable bonds is 3. The number of hydrazine groups is 3. The van der Waals surface area contributed by atoms with Gasteiger partial charge in [-0.05, 0) is 11.1 Å². The average molecular weight is 198 g/mol. The van der Waals surface area contributed by atoms with Crippen LogP contribution >= 0.6 is 0 Å². The lowest BCUT2D eigenvalue weighted by Crippen LogP contribution is -2.40. The van der Waals surface area contributed by atoms with Crippen molar-refractivity contribution in [2.45, 2.75) is 0 Å². The van der Waals surface area contributed by atoms with E-state index in [1.807, 2.05) is 0 Å². The van der Waals surface area contributed by atoms with Gasteiger partial charge in [-0.25, -0.2) is 20.2 Å². The third kappa shape index (κ3) is 2.59. The molecule has 2 N–H and O–H groups in total. The maximum Gasteiger partial charge on any atom is 0.183 e. The standard InChI is InChI=1S/C6H4.H2N4O4/c1-2-6-4-3-5(1)6;5-3(6)1-2-4(7)8/h1-4H;1-2H. The van der Waals surface area contributed by atoms with Gasteiger partial charge in [0.25, 0.3) is 0 Å². The van der Waals surface area contributed by atoms with Crippen LogP contribution in [0.15, 0.2) is 24.3 Å². The van der Waals surface area contributed by atoms with Crippen molar-refractivity contribution >= 4 is 0 Å². The molecule has 0 spiro atoms. The molecule has 0 heterocycles. The van der Waals surface area contributed by atoms with Gasteiger partial charge in [0, 0.05) is 11.1 Å². The summed E-state index contributed by atoms with van der Waals surface area (Å²) in [6.45, 7) is 0. The Labute approximate surface area is 77.7 Å². The van der Waals surface area contributed by atoms with Crippen LogP contribution in [0.2, 0.25) is 0 Å². The van der Waals surface area contributed by atoms with Crippen LogP contribution in [0.3, 0.4) is 0 Å². The van der Waals surface area contributed by atoms with Gasteiger partial charge in [-0.1, -0.05) is 24.3 Å². The van der Waals surface area contributed by atoms with E-state index in [0.717, 1.165) is 11.1 Å². The fraction of sp³-hybridized carbons (Fsp3) is 0. The number of hydrogen-bond donors (Lipinski definition) is 2. The molecule has 0 unspecified atom stereocenters. The highest BCUT2D eigenvalue weighted by atomic mass is 16.7. The highest BCUT2D eigenvalue weighted by Gasteiger charge is 2.03. The molecule has 0 saturated carbocycles. The predicted octanol–water partition coefficient (Wildman–Crippen LogP) is 0.131. The molecule has 0 aliphatic heterocycles. The molecule has 0 aromatic heterocycles. The second kappa shape index (κ2) is 4.03. The topological polar surface area (TPSA) is 110 Å². The molecular formula is C6H6N4O4. The van der Waals surface area contributed by atoms with Gasteiger partial charge in [0.15, 0.2) is 10.1 Å². The van der Waals surface area contributed by atoms with Crippen LogP contribution in [0.1, 0.15) is 0 Å². The van der Waals surface area contributed by atoms with E-state index in [4.69, 9.17) is 0 Å². The van der Waals surface area contributed by atoms with Gasteiger partial charge in [0.2, 0.25) is 0 Å². The summed E-state index contributed by atoms with van der Waals surface area (Å²) in [5.41, 5.74) is 5.09. The van der Waals surface area contributed by atoms with Crippen LogP contribution in [0.5, 0.6) is 0 Å². The molecule has 8 heteroatoms. The van der Waals surface area contributed by atoms with Crippen molar-refractivity contribution in [2.75, 3.05) is 0 Å². The van der Waals surface area contributed by atoms with Crippen LogP contribution in [-0.4, -0.2) is 10.1 Å². The van der Waals surface area contributed by atoms with Crippen molar-refractivity contribution in [2.24, 2.45) is 0 Å². The lowest BCUT2D eigenvalue weighted by molar-refractivity contribution is -0.658. The highest BCUT2D eigenvalue weighted by Crippen LogP contribution is 2.29. The fourth-order valence-corrected chi connectivity index (χ4v) is 0.744. The number of nitrogens with zero attached hydrogens (tertiary/aromatic N) is 2. The van der Waals surface area contributed by atoms with Crippen molar-refractivity contribution in [3.8, 4) is 11.1 Å². The molecule has 0 atom stereocenters. The number of nitro groups is 2. The predicted molar refractivity (Wildman–Crippen MR) is 45.7 cm³/mol. The first-order valence-electron chi connectivity index (χ1n) is 3.50. The highest BCUT2D eigenvalue weighted by molar-refractivity contribution is 5.75. The molecular weight excluding hydrogens is 192 g/mol. The second-order valence-electron chi connectivity index (χ2n) is 2.32. The lowest BCUT2D eigenvalue weighted by Gasteiger charge is -2.10. The van der Waals surface area contributed by atoms with Gasteiger partial charge in [0.1, 0.15) is 0 Å². The Balaban J connectivity index is 0.000000143. The zero-order valence-electron chi connectivity index (χ0n) is 6.84. The molecule has 14 heavy (non-hydrogen) atoms. The van der Waals surface area contributed by atoms with Gasteiger partial charge in [-0.2, -0.15) is 0 Å². The Morgan fingerprint density at radius 3 is 1.21 bits per heavy atom. The monoisotopic (exact) mass is 198 g/mol. The van der Waals surface area contributed by atoms with Crippen molar-refractivity contribution in [3.05, 3.63) is 44.5 Å². The SMILES string of the molecule is O=[N+]([O-])NN[N+](=O)[O-].c1cc2ccc1-2. The molecule has 0 bridgehead atoms. The van der Waals surface area contributed by atoms with E-state index in [0.29, 0.717) is 0 Å². The molecule has 2 aliphatic carbocycles. The van der Waals surface area contributed by atoms with Crippen molar-refractivity contribution < 1.29 is 10.1 Å². The number of hydrogen-bond acceptors (Lipinski definition) is 4. The zero-order valence-corrected chi connectivity index (χ0v) is 6.84. The van der Waals surface area contributed by atoms with Crippen LogP contribution in [0.4, 0.5) is 0 Å². The van der Waals surface area contributed by atoms with E-state index in [1.165, 1.54) is 11.1 Å². The Bertz CT molecular complexity index is 314. The molecule has 0 radical (unpaired) electrons. The Morgan fingerprint density at radius 1 is 0.857 bits per heavy atom. The summed E-state index contributed by atoms with van der Waals surface area (Å²) in [6.07, 6.45) is 0. The van der Waals surface area contributed by atoms with Crippen molar-refractivity contribution in [1.82, 2.24) is 11.1 Å². The van der Waals surface area contributed by atoms with Gasteiger partial charge in [0.05, 0.1) is 0 Å². The maximum absolute atomic E-state index is 9.23. The number of nitrogens with one attached hydrogen (secondary N) is 2. The third-order valence-corrected chi connectivity index (χ3v) is 1.45. The third-order valence-electron chi connectivity index (χ3n) is 1.45. The van der Waals surface area contributed by atoms with E-state index < -0.39 is 10.1 Å². The van der Waals surface area contributed by atoms with Crippen molar-refractivity contribution in [1.29, 1.82) is 0 Å². The fourth-order valence-electron chi connectivity index (χ4n) is 0.744. The summed E-state index contributed by atoms with van der Waals surface area (Å²) in [5.74, 6) is 0. The summed E-state index contributed by atoms with van der Waals surface area (Å²) in [7, 11) is 0. The van der Waals surface area contributed by atoms with Crippen LogP contribution in [0, 0.1) is 20.2 Å². The molecule has 0 aromatic carbocycles. The van der Waals surface area contributed by atoms with E-state index >= 15 is 0 Å². The quantitative estimate of drug-likeness (QED) is 0.535. The first-order chi connectivity index (χ1) is 6.59. The first-order valence-corrected chi connectivity index (χ1v) is 3.50. The van der Waals surface area contributed by atoms with E-state index in [9.17, 15) is 20.2 Å². The van der Waals surface area contributed by atoms with Crippen LogP contribution in [0.25, 0.3) is 11.1 Å². The minimum absolute atomic E-state index is 1.08. The minimum Gasteiger partial charge on any atom is -0.233 e. The molecule has 0 aromatic rings. The Hall–Kier alpha value is -2.38. The summed E-state index contributed by atoms with van der Waals surface area (Å²) in [5, 5.41) is 16.3.